The highest BCUT2D eigenvalue weighted by atomic mass is 16.6. The van der Waals surface area contributed by atoms with Crippen LogP contribution in [0.1, 0.15) is 56.2 Å². The Morgan fingerprint density at radius 2 is 2.12 bits per heavy atom. The molecule has 1 aromatic rings. The Bertz CT molecular complexity index is 684. The van der Waals surface area contributed by atoms with Crippen molar-refractivity contribution in [2.45, 2.75) is 58.6 Å². The summed E-state index contributed by atoms with van der Waals surface area (Å²) in [5.41, 5.74) is 1.21. The van der Waals surface area contributed by atoms with Gasteiger partial charge in [0.2, 0.25) is 0 Å². The maximum atomic E-state index is 13.1. The van der Waals surface area contributed by atoms with Crippen LogP contribution in [0.15, 0.2) is 6.07 Å². The lowest BCUT2D eigenvalue weighted by Gasteiger charge is -2.25. The van der Waals surface area contributed by atoms with Crippen LogP contribution in [-0.4, -0.2) is 63.9 Å². The molecule has 3 rings (SSSR count). The van der Waals surface area contributed by atoms with Gasteiger partial charge in [0.1, 0.15) is 11.3 Å². The van der Waals surface area contributed by atoms with Crippen molar-refractivity contribution in [2.75, 3.05) is 26.7 Å². The third-order valence-corrected chi connectivity index (χ3v) is 5.29. The van der Waals surface area contributed by atoms with Gasteiger partial charge in [-0.1, -0.05) is 13.8 Å². The zero-order valence-corrected chi connectivity index (χ0v) is 16.3. The Morgan fingerprint density at radius 1 is 1.35 bits per heavy atom. The molecule has 26 heavy (non-hydrogen) atoms. The average molecular weight is 362 g/mol. The number of carbonyl (C=O) groups excluding carboxylic acids is 2. The molecule has 3 heterocycles. The first-order valence-corrected chi connectivity index (χ1v) is 9.63. The normalized spacial score (nSPS) is 23.7. The second-order valence-corrected chi connectivity index (χ2v) is 7.99. The molecule has 1 unspecified atom stereocenters. The summed E-state index contributed by atoms with van der Waals surface area (Å²) in [5, 5.41) is 4.59. The van der Waals surface area contributed by atoms with Crippen molar-refractivity contribution in [3.05, 3.63) is 17.5 Å². The van der Waals surface area contributed by atoms with Crippen LogP contribution in [0, 0.1) is 5.92 Å². The minimum absolute atomic E-state index is 0.0316. The van der Waals surface area contributed by atoms with Crippen LogP contribution >= 0.6 is 0 Å². The summed E-state index contributed by atoms with van der Waals surface area (Å²) < 4.78 is 7.45. The van der Waals surface area contributed by atoms with E-state index in [9.17, 15) is 9.59 Å². The number of hydrogen-bond acceptors (Lipinski definition) is 4. The lowest BCUT2D eigenvalue weighted by Crippen LogP contribution is -2.37. The van der Waals surface area contributed by atoms with Crippen LogP contribution in [0.25, 0.3) is 0 Å². The minimum atomic E-state index is -0.436. The van der Waals surface area contributed by atoms with Gasteiger partial charge in [-0.2, -0.15) is 5.10 Å². The molecule has 7 heteroatoms. The summed E-state index contributed by atoms with van der Waals surface area (Å²) in [6.45, 7) is 8.90. The Labute approximate surface area is 155 Å². The first-order chi connectivity index (χ1) is 12.3. The van der Waals surface area contributed by atoms with Crippen LogP contribution in [-0.2, 0) is 17.7 Å². The second kappa shape index (κ2) is 7.29. The fourth-order valence-electron chi connectivity index (χ4n) is 3.99. The number of ether oxygens (including phenoxy) is 1. The van der Waals surface area contributed by atoms with E-state index < -0.39 is 5.60 Å². The van der Waals surface area contributed by atoms with Gasteiger partial charge in [0.05, 0.1) is 12.2 Å². The van der Waals surface area contributed by atoms with Gasteiger partial charge in [-0.3, -0.25) is 9.48 Å². The van der Waals surface area contributed by atoms with Gasteiger partial charge in [-0.25, -0.2) is 4.79 Å². The summed E-state index contributed by atoms with van der Waals surface area (Å²) in [6, 6.07) is 1.94. The maximum absolute atomic E-state index is 13.1. The zero-order chi connectivity index (χ0) is 18.9. The monoisotopic (exact) mass is 362 g/mol. The summed E-state index contributed by atoms with van der Waals surface area (Å²) in [5.74, 6) is 0.536. The van der Waals surface area contributed by atoms with Crippen molar-refractivity contribution in [2.24, 2.45) is 5.92 Å². The van der Waals surface area contributed by atoms with E-state index in [4.69, 9.17) is 4.74 Å². The Morgan fingerprint density at radius 3 is 2.73 bits per heavy atom. The number of hydrogen-bond donors (Lipinski definition) is 0. The number of amides is 2. The molecule has 2 saturated heterocycles. The molecule has 2 aliphatic heterocycles. The number of likely N-dealkylation sites (tertiary alicyclic amines) is 1. The van der Waals surface area contributed by atoms with Gasteiger partial charge in [-0.05, 0) is 38.2 Å². The van der Waals surface area contributed by atoms with Crippen LogP contribution in [0.4, 0.5) is 4.79 Å². The Balaban J connectivity index is 1.72. The first-order valence-electron chi connectivity index (χ1n) is 9.63. The number of nitrogens with zero attached hydrogens (tertiary/aromatic N) is 4. The molecule has 144 valence electrons. The number of likely N-dealkylation sites (N-methyl/N-ethyl adjacent to an activating group) is 1. The van der Waals surface area contributed by atoms with Crippen molar-refractivity contribution in [3.63, 3.8) is 0 Å². The molecule has 2 aliphatic rings. The molecule has 0 radical (unpaired) electrons. The highest BCUT2D eigenvalue weighted by molar-refractivity contribution is 5.92. The molecular weight excluding hydrogens is 332 g/mol. The summed E-state index contributed by atoms with van der Waals surface area (Å²) in [4.78, 5) is 28.4. The SMILES string of the molecule is CCn1nc(CC(C)C)cc1C(=O)N1CCCC2(CC1)CN(C)C(=O)O2. The predicted molar refractivity (Wildman–Crippen MR) is 98.0 cm³/mol. The highest BCUT2D eigenvalue weighted by Gasteiger charge is 2.44. The van der Waals surface area contributed by atoms with E-state index in [1.54, 1.807) is 11.9 Å². The average Bonchev–Trinajstić information content (AvgIpc) is 3.02. The molecule has 7 nitrogen and oxygen atoms in total. The molecule has 0 aromatic carbocycles. The summed E-state index contributed by atoms with van der Waals surface area (Å²) in [6.07, 6.45) is 2.95. The van der Waals surface area contributed by atoms with Crippen molar-refractivity contribution >= 4 is 12.0 Å². The van der Waals surface area contributed by atoms with Crippen LogP contribution in [0.5, 0.6) is 0 Å². The van der Waals surface area contributed by atoms with Crippen LogP contribution in [0.2, 0.25) is 0 Å². The third-order valence-electron chi connectivity index (χ3n) is 5.29. The van der Waals surface area contributed by atoms with Crippen molar-refractivity contribution in [1.29, 1.82) is 0 Å². The van der Waals surface area contributed by atoms with Crippen molar-refractivity contribution in [3.8, 4) is 0 Å². The molecule has 2 fully saturated rings. The van der Waals surface area contributed by atoms with Gasteiger partial charge in [-0.15, -0.1) is 0 Å². The summed E-state index contributed by atoms with van der Waals surface area (Å²) in [7, 11) is 1.76. The smallest absolute Gasteiger partial charge is 0.410 e. The molecule has 0 N–H and O–H groups in total. The highest BCUT2D eigenvalue weighted by Crippen LogP contribution is 2.33. The topological polar surface area (TPSA) is 67.7 Å². The number of rotatable bonds is 4. The molecular formula is C19H30N4O3. The van der Waals surface area contributed by atoms with Gasteiger partial charge in [0, 0.05) is 33.1 Å². The number of aromatic nitrogens is 2. The quantitative estimate of drug-likeness (QED) is 0.825. The van der Waals surface area contributed by atoms with E-state index in [1.165, 1.54) is 0 Å². The van der Waals surface area contributed by atoms with E-state index >= 15 is 0 Å². The minimum Gasteiger partial charge on any atom is -0.441 e. The van der Waals surface area contributed by atoms with E-state index in [2.05, 4.69) is 18.9 Å². The van der Waals surface area contributed by atoms with Gasteiger partial charge >= 0.3 is 6.09 Å². The maximum Gasteiger partial charge on any atom is 0.410 e. The third kappa shape index (κ3) is 3.71. The molecule has 1 aromatic heterocycles. The molecule has 1 atom stereocenters. The largest absolute Gasteiger partial charge is 0.441 e. The molecule has 0 saturated carbocycles. The summed E-state index contributed by atoms with van der Waals surface area (Å²) >= 11 is 0. The van der Waals surface area contributed by atoms with E-state index in [0.717, 1.165) is 25.0 Å². The van der Waals surface area contributed by atoms with Gasteiger partial charge in [0.15, 0.2) is 0 Å². The Kier molecular flexibility index (Phi) is 5.25. The number of carbonyl (C=O) groups is 2. The van der Waals surface area contributed by atoms with Crippen molar-refractivity contribution < 1.29 is 14.3 Å². The van der Waals surface area contributed by atoms with E-state index in [1.807, 2.05) is 22.6 Å². The fraction of sp³-hybridized carbons (Fsp3) is 0.737. The molecule has 2 amide bonds. The first kappa shape index (κ1) is 18.7. The molecule has 0 bridgehead atoms. The lowest BCUT2D eigenvalue weighted by atomic mass is 9.95. The zero-order valence-electron chi connectivity index (χ0n) is 16.3. The second-order valence-electron chi connectivity index (χ2n) is 7.99. The van der Waals surface area contributed by atoms with Crippen LogP contribution < -0.4 is 0 Å². The standard InChI is InChI=1S/C19H30N4O3/c1-5-23-16(12-15(20-23)11-14(2)3)17(24)22-9-6-7-19(8-10-22)13-21(4)18(25)26-19/h12,14H,5-11,13H2,1-4H3. The number of aryl methyl sites for hydroxylation is 1. The van der Waals surface area contributed by atoms with E-state index in [0.29, 0.717) is 44.2 Å². The Hall–Kier alpha value is -2.05. The molecule has 1 spiro atoms. The lowest BCUT2D eigenvalue weighted by molar-refractivity contribution is 0.0437. The fourth-order valence-corrected chi connectivity index (χ4v) is 3.99. The van der Waals surface area contributed by atoms with Crippen molar-refractivity contribution in [1.82, 2.24) is 19.6 Å². The van der Waals surface area contributed by atoms with E-state index in [-0.39, 0.29) is 12.0 Å². The predicted octanol–water partition coefficient (Wildman–Crippen LogP) is 2.55. The van der Waals surface area contributed by atoms with Crippen LogP contribution in [0.3, 0.4) is 0 Å². The van der Waals surface area contributed by atoms with Gasteiger partial charge in [0.25, 0.3) is 5.91 Å². The molecule has 0 aliphatic carbocycles. The van der Waals surface area contributed by atoms with Gasteiger partial charge < -0.3 is 14.5 Å².